The smallest absolute Gasteiger partial charge is 0.174 e. The summed E-state index contributed by atoms with van der Waals surface area (Å²) in [6.45, 7) is 10.7. The van der Waals surface area contributed by atoms with Crippen LogP contribution in [-0.4, -0.2) is 30.0 Å². The normalized spacial score (nSPS) is 21.2. The van der Waals surface area contributed by atoms with E-state index in [2.05, 4.69) is 96.7 Å². The van der Waals surface area contributed by atoms with E-state index >= 15 is 0 Å². The number of hydrogen-bond donors (Lipinski definition) is 2. The molecule has 1 heterocycles. The van der Waals surface area contributed by atoms with Gasteiger partial charge in [0.05, 0.1) is 17.4 Å². The standard InChI is InChI=1S/C32H42N4OS/c1-5-35(6-2)24-18-16-22(17-19-24)30-29-26(20-32(3,4)21-28(29)37)34-25-14-10-11-15-27(25)36(30)31(38)33-23-12-8-7-9-13-23/h10-11,14-19,23,30,34H,5-9,12-13,20-21H2,1-4H3,(H,33,38). The van der Waals surface area contributed by atoms with Crippen molar-refractivity contribution >= 4 is 40.2 Å². The molecule has 202 valence electrons. The number of Topliss-reactive ketones (excluding diaryl/α,β-unsaturated/α-hetero) is 1. The van der Waals surface area contributed by atoms with E-state index in [9.17, 15) is 4.79 Å². The minimum atomic E-state index is -0.293. The number of allylic oxidation sites excluding steroid dienone is 1. The molecule has 6 heteroatoms. The summed E-state index contributed by atoms with van der Waals surface area (Å²) in [4.78, 5) is 18.5. The van der Waals surface area contributed by atoms with Crippen LogP contribution in [0, 0.1) is 5.41 Å². The van der Waals surface area contributed by atoms with Crippen LogP contribution < -0.4 is 20.4 Å². The summed E-state index contributed by atoms with van der Waals surface area (Å²) in [6, 6.07) is 17.2. The molecule has 5 rings (SSSR count). The fourth-order valence-corrected chi connectivity index (χ4v) is 6.84. The largest absolute Gasteiger partial charge is 0.372 e. The number of thiocarbonyl (C=S) groups is 1. The molecule has 2 N–H and O–H groups in total. The maximum atomic E-state index is 14.0. The lowest BCUT2D eigenvalue weighted by Gasteiger charge is -2.39. The number of ketones is 1. The molecule has 1 saturated carbocycles. The van der Waals surface area contributed by atoms with E-state index < -0.39 is 0 Å². The van der Waals surface area contributed by atoms with Crippen molar-refractivity contribution < 1.29 is 4.79 Å². The van der Waals surface area contributed by atoms with Gasteiger partial charge in [0.2, 0.25) is 0 Å². The fourth-order valence-electron chi connectivity index (χ4n) is 6.47. The van der Waals surface area contributed by atoms with Crippen molar-refractivity contribution in [3.05, 3.63) is 65.4 Å². The molecule has 0 amide bonds. The zero-order valence-corrected chi connectivity index (χ0v) is 24.2. The zero-order valence-electron chi connectivity index (χ0n) is 23.3. The summed E-state index contributed by atoms with van der Waals surface area (Å²) >= 11 is 6.20. The highest BCUT2D eigenvalue weighted by molar-refractivity contribution is 7.80. The van der Waals surface area contributed by atoms with Crippen LogP contribution in [0.2, 0.25) is 0 Å². The van der Waals surface area contributed by atoms with E-state index in [1.165, 1.54) is 24.9 Å². The maximum absolute atomic E-state index is 14.0. The summed E-state index contributed by atoms with van der Waals surface area (Å²) < 4.78 is 0. The SMILES string of the molecule is CCN(CC)c1ccc(C2C3=C(CC(C)(C)CC3=O)Nc3ccccc3N2C(=S)NC2CCCCC2)cc1. The van der Waals surface area contributed by atoms with Crippen molar-refractivity contribution in [2.45, 2.75) is 84.7 Å². The summed E-state index contributed by atoms with van der Waals surface area (Å²) in [7, 11) is 0. The Labute approximate surface area is 233 Å². The molecule has 2 aliphatic carbocycles. The lowest BCUT2D eigenvalue weighted by atomic mass is 9.73. The number of nitrogens with one attached hydrogen (secondary N) is 2. The van der Waals surface area contributed by atoms with Crippen molar-refractivity contribution in [1.29, 1.82) is 0 Å². The number of nitrogens with zero attached hydrogens (tertiary/aromatic N) is 2. The highest BCUT2D eigenvalue weighted by Crippen LogP contribution is 2.48. The first-order valence-corrected chi connectivity index (χ1v) is 14.8. The summed E-state index contributed by atoms with van der Waals surface area (Å²) in [6.07, 6.45) is 7.40. The van der Waals surface area contributed by atoms with Crippen molar-refractivity contribution in [1.82, 2.24) is 5.32 Å². The number of para-hydroxylation sites is 2. The summed E-state index contributed by atoms with van der Waals surface area (Å²) in [5.41, 5.74) is 6.09. The van der Waals surface area contributed by atoms with Crippen molar-refractivity contribution in [2.75, 3.05) is 28.2 Å². The van der Waals surface area contributed by atoms with Crippen molar-refractivity contribution in [2.24, 2.45) is 5.41 Å². The first-order chi connectivity index (χ1) is 18.3. The van der Waals surface area contributed by atoms with E-state index in [-0.39, 0.29) is 17.2 Å². The van der Waals surface area contributed by atoms with Crippen LogP contribution in [0.4, 0.5) is 17.1 Å². The average molecular weight is 531 g/mol. The van der Waals surface area contributed by atoms with E-state index in [4.69, 9.17) is 12.2 Å². The third kappa shape index (κ3) is 5.33. The van der Waals surface area contributed by atoms with Crippen molar-refractivity contribution in [3.8, 4) is 0 Å². The lowest BCUT2D eigenvalue weighted by molar-refractivity contribution is -0.118. The highest BCUT2D eigenvalue weighted by atomic mass is 32.1. The molecule has 5 nitrogen and oxygen atoms in total. The summed E-state index contributed by atoms with van der Waals surface area (Å²) in [5, 5.41) is 8.13. The number of carbonyl (C=O) groups is 1. The molecular formula is C32H42N4OS. The van der Waals surface area contributed by atoms with Crippen molar-refractivity contribution in [3.63, 3.8) is 0 Å². The molecule has 0 radical (unpaired) electrons. The molecule has 38 heavy (non-hydrogen) atoms. The Balaban J connectivity index is 1.65. The Morgan fingerprint density at radius 2 is 1.71 bits per heavy atom. The lowest BCUT2D eigenvalue weighted by Crippen LogP contribution is -2.48. The second-order valence-electron chi connectivity index (χ2n) is 11.8. The molecule has 3 aliphatic rings. The highest BCUT2D eigenvalue weighted by Gasteiger charge is 2.42. The maximum Gasteiger partial charge on any atom is 0.174 e. The van der Waals surface area contributed by atoms with Crippen LogP contribution in [0.5, 0.6) is 0 Å². The quantitative estimate of drug-likeness (QED) is 0.394. The van der Waals surface area contributed by atoms with Gasteiger partial charge in [-0.3, -0.25) is 4.79 Å². The monoisotopic (exact) mass is 530 g/mol. The Morgan fingerprint density at radius 3 is 2.39 bits per heavy atom. The number of anilines is 3. The van der Waals surface area contributed by atoms with Crippen LogP contribution in [0.15, 0.2) is 59.8 Å². The molecule has 2 aromatic rings. The Bertz CT molecular complexity index is 1210. The molecule has 1 aliphatic heterocycles. The average Bonchev–Trinajstić information content (AvgIpc) is 3.04. The minimum absolute atomic E-state index is 0.0922. The predicted octanol–water partition coefficient (Wildman–Crippen LogP) is 7.36. The molecule has 1 atom stereocenters. The van der Waals surface area contributed by atoms with Crippen LogP contribution in [0.1, 0.15) is 84.2 Å². The third-order valence-electron chi connectivity index (χ3n) is 8.39. The Hall–Kier alpha value is -2.86. The fraction of sp³-hybridized carbons (Fsp3) is 0.500. The van der Waals surface area contributed by atoms with E-state index in [0.717, 1.165) is 60.6 Å². The molecule has 0 saturated heterocycles. The van der Waals surface area contributed by atoms with Crippen LogP contribution in [-0.2, 0) is 4.79 Å². The first kappa shape index (κ1) is 26.7. The van der Waals surface area contributed by atoms with Gasteiger partial charge in [-0.25, -0.2) is 0 Å². The van der Waals surface area contributed by atoms with Gasteiger partial charge in [0.15, 0.2) is 10.9 Å². The van der Waals surface area contributed by atoms with Gasteiger partial charge in [0, 0.05) is 42.5 Å². The zero-order chi connectivity index (χ0) is 26.9. The van der Waals surface area contributed by atoms with Gasteiger partial charge in [-0.15, -0.1) is 0 Å². The van der Waals surface area contributed by atoms with E-state index in [1.54, 1.807) is 0 Å². The van der Waals surface area contributed by atoms with Crippen LogP contribution in [0.3, 0.4) is 0 Å². The van der Waals surface area contributed by atoms with Gasteiger partial charge in [0.25, 0.3) is 0 Å². The van der Waals surface area contributed by atoms with Gasteiger partial charge in [-0.1, -0.05) is 57.4 Å². The molecule has 0 aromatic heterocycles. The molecule has 0 spiro atoms. The second-order valence-corrected chi connectivity index (χ2v) is 12.2. The minimum Gasteiger partial charge on any atom is -0.372 e. The van der Waals surface area contributed by atoms with E-state index in [1.807, 2.05) is 0 Å². The van der Waals surface area contributed by atoms with Gasteiger partial charge in [-0.05, 0) is 80.6 Å². The third-order valence-corrected chi connectivity index (χ3v) is 8.70. The Morgan fingerprint density at radius 1 is 1.03 bits per heavy atom. The molecule has 1 unspecified atom stereocenters. The first-order valence-electron chi connectivity index (χ1n) is 14.4. The van der Waals surface area contributed by atoms with Gasteiger partial charge >= 0.3 is 0 Å². The predicted molar refractivity (Wildman–Crippen MR) is 163 cm³/mol. The summed E-state index contributed by atoms with van der Waals surface area (Å²) in [5.74, 6) is 0.208. The molecular weight excluding hydrogens is 488 g/mol. The number of fused-ring (bicyclic) bond motifs is 1. The van der Waals surface area contributed by atoms with Gasteiger partial charge < -0.3 is 20.4 Å². The molecule has 1 fully saturated rings. The topological polar surface area (TPSA) is 47.6 Å². The number of hydrogen-bond acceptors (Lipinski definition) is 4. The molecule has 0 bridgehead atoms. The van der Waals surface area contributed by atoms with Gasteiger partial charge in [0.1, 0.15) is 0 Å². The number of carbonyl (C=O) groups excluding carboxylic acids is 1. The number of rotatable bonds is 5. The van der Waals surface area contributed by atoms with E-state index in [0.29, 0.717) is 17.6 Å². The van der Waals surface area contributed by atoms with Gasteiger partial charge in [-0.2, -0.15) is 0 Å². The molecule has 2 aromatic carbocycles. The van der Waals surface area contributed by atoms with Crippen LogP contribution in [0.25, 0.3) is 0 Å². The second kappa shape index (κ2) is 11.1. The van der Waals surface area contributed by atoms with Crippen LogP contribution >= 0.6 is 12.2 Å². The number of benzene rings is 2. The Kier molecular flexibility index (Phi) is 7.80.